The van der Waals surface area contributed by atoms with Crippen molar-refractivity contribution in [2.45, 2.75) is 0 Å². The van der Waals surface area contributed by atoms with Crippen molar-refractivity contribution < 1.29 is 14.5 Å². The summed E-state index contributed by atoms with van der Waals surface area (Å²) in [6.07, 6.45) is 1.44. The Morgan fingerprint density at radius 2 is 1.38 bits per heavy atom. The van der Waals surface area contributed by atoms with Crippen LogP contribution in [0.15, 0.2) is 120 Å². The summed E-state index contributed by atoms with van der Waals surface area (Å²) in [6.45, 7) is -0.686. The Hall–Kier alpha value is -3.99. The van der Waals surface area contributed by atoms with Gasteiger partial charge in [0.25, 0.3) is 0 Å². The number of ether oxygens (including phenoxy) is 1. The number of nitrogens with zero attached hydrogens (tertiary/aromatic N) is 2. The quantitative estimate of drug-likeness (QED) is 0.0922. The van der Waals surface area contributed by atoms with Gasteiger partial charge in [0.05, 0.1) is 19.9 Å². The van der Waals surface area contributed by atoms with Gasteiger partial charge in [-0.3, -0.25) is 14.9 Å². The maximum atomic E-state index is 12.3. The molecule has 0 atom stereocenters. The van der Waals surface area contributed by atoms with E-state index in [0.717, 1.165) is 15.9 Å². The SMILES string of the molecule is COC(=O)/C(=C/c1cc(Cl)ccc1N=P(c1ccccc1)(c1ccccc1)c1ccccc1)C[N+](=O)[O-]. The average molecular weight is 531 g/mol. The van der Waals surface area contributed by atoms with Gasteiger partial charge in [-0.1, -0.05) is 103 Å². The maximum Gasteiger partial charge on any atom is 0.340 e. The summed E-state index contributed by atoms with van der Waals surface area (Å²) in [6, 6.07) is 35.3. The van der Waals surface area contributed by atoms with Gasteiger partial charge in [-0.2, -0.15) is 0 Å². The van der Waals surface area contributed by atoms with E-state index in [1.54, 1.807) is 18.2 Å². The Balaban J connectivity index is 2.10. The third kappa shape index (κ3) is 5.88. The number of benzene rings is 4. The minimum atomic E-state index is -2.62. The molecule has 0 unspecified atom stereocenters. The highest BCUT2D eigenvalue weighted by Crippen LogP contribution is 2.50. The molecule has 4 rings (SSSR count). The molecule has 4 aromatic rings. The smallest absolute Gasteiger partial charge is 0.340 e. The zero-order valence-electron chi connectivity index (χ0n) is 20.0. The highest BCUT2D eigenvalue weighted by atomic mass is 35.5. The first kappa shape index (κ1) is 26.1. The van der Waals surface area contributed by atoms with Crippen LogP contribution in [0.2, 0.25) is 5.02 Å². The lowest BCUT2D eigenvalue weighted by atomic mass is 10.1. The van der Waals surface area contributed by atoms with Gasteiger partial charge in [0.2, 0.25) is 6.54 Å². The van der Waals surface area contributed by atoms with E-state index in [9.17, 15) is 14.9 Å². The monoisotopic (exact) mass is 530 g/mol. The zero-order chi connectivity index (χ0) is 26.3. The van der Waals surface area contributed by atoms with E-state index in [1.165, 1.54) is 13.2 Å². The topological polar surface area (TPSA) is 81.8 Å². The van der Waals surface area contributed by atoms with Crippen molar-refractivity contribution in [1.82, 2.24) is 0 Å². The van der Waals surface area contributed by atoms with E-state index >= 15 is 0 Å². The molecule has 0 aliphatic heterocycles. The van der Waals surface area contributed by atoms with Crippen molar-refractivity contribution in [2.24, 2.45) is 4.74 Å². The molecule has 4 aromatic carbocycles. The molecule has 186 valence electrons. The summed E-state index contributed by atoms with van der Waals surface area (Å²) in [7, 11) is -1.43. The number of nitro groups is 1. The van der Waals surface area contributed by atoms with E-state index in [0.29, 0.717) is 16.3 Å². The fourth-order valence-electron chi connectivity index (χ4n) is 4.07. The first-order valence-electron chi connectivity index (χ1n) is 11.4. The van der Waals surface area contributed by atoms with Gasteiger partial charge < -0.3 is 4.74 Å². The van der Waals surface area contributed by atoms with E-state index < -0.39 is 24.5 Å². The molecule has 0 heterocycles. The van der Waals surface area contributed by atoms with Crippen LogP contribution < -0.4 is 15.9 Å². The van der Waals surface area contributed by atoms with Crippen LogP contribution in [0, 0.1) is 10.1 Å². The Morgan fingerprint density at radius 1 is 0.892 bits per heavy atom. The molecule has 0 aromatic heterocycles. The normalized spacial score (nSPS) is 11.6. The number of carbonyl (C=O) groups excluding carboxylic acids is 1. The van der Waals surface area contributed by atoms with Gasteiger partial charge in [-0.05, 0) is 24.3 Å². The molecule has 6 nitrogen and oxygen atoms in total. The molecule has 0 bridgehead atoms. The largest absolute Gasteiger partial charge is 0.465 e. The summed E-state index contributed by atoms with van der Waals surface area (Å²) < 4.78 is 10.2. The molecule has 0 fully saturated rings. The predicted molar refractivity (Wildman–Crippen MR) is 151 cm³/mol. The van der Waals surface area contributed by atoms with Crippen LogP contribution in [0.5, 0.6) is 0 Å². The van der Waals surface area contributed by atoms with E-state index in [1.807, 2.05) is 54.6 Å². The Bertz CT molecular complexity index is 1390. The molecule has 0 aliphatic carbocycles. The lowest BCUT2D eigenvalue weighted by Gasteiger charge is -2.27. The van der Waals surface area contributed by atoms with Crippen LogP contribution in [0.25, 0.3) is 6.08 Å². The number of hydrogen-bond donors (Lipinski definition) is 0. The molecule has 0 saturated carbocycles. The number of methoxy groups -OCH3 is 1. The van der Waals surface area contributed by atoms with Gasteiger partial charge in [-0.25, -0.2) is 4.79 Å². The summed E-state index contributed by atoms with van der Waals surface area (Å²) in [5, 5.41) is 14.8. The second-order valence-corrected chi connectivity index (χ2v) is 11.6. The minimum Gasteiger partial charge on any atom is -0.465 e. The van der Waals surface area contributed by atoms with Gasteiger partial charge in [0.15, 0.2) is 0 Å². The Morgan fingerprint density at radius 3 is 1.81 bits per heavy atom. The van der Waals surface area contributed by atoms with E-state index in [2.05, 4.69) is 36.4 Å². The molecule has 0 amide bonds. The highest BCUT2D eigenvalue weighted by Gasteiger charge is 2.28. The van der Waals surface area contributed by atoms with Crippen LogP contribution in [0.4, 0.5) is 5.69 Å². The molecular weight excluding hydrogens is 507 g/mol. The van der Waals surface area contributed by atoms with Crippen molar-refractivity contribution in [1.29, 1.82) is 0 Å². The van der Waals surface area contributed by atoms with E-state index in [4.69, 9.17) is 21.1 Å². The first-order chi connectivity index (χ1) is 17.9. The Kier molecular flexibility index (Phi) is 8.34. The number of rotatable bonds is 8. The fourth-order valence-corrected chi connectivity index (χ4v) is 7.81. The molecule has 37 heavy (non-hydrogen) atoms. The number of esters is 1. The summed E-state index contributed by atoms with van der Waals surface area (Å²) in [5.74, 6) is -0.780. The summed E-state index contributed by atoms with van der Waals surface area (Å²) >= 11 is 6.33. The lowest BCUT2D eigenvalue weighted by Crippen LogP contribution is -2.25. The molecule has 0 saturated heterocycles. The molecule has 0 N–H and O–H groups in total. The van der Waals surface area contributed by atoms with Gasteiger partial charge >= 0.3 is 5.97 Å². The predicted octanol–water partition coefficient (Wildman–Crippen LogP) is 5.98. The van der Waals surface area contributed by atoms with Crippen LogP contribution in [-0.2, 0) is 9.53 Å². The lowest BCUT2D eigenvalue weighted by molar-refractivity contribution is -0.470. The van der Waals surface area contributed by atoms with Gasteiger partial charge in [0.1, 0.15) is 5.57 Å². The summed E-state index contributed by atoms with van der Waals surface area (Å²) in [5.41, 5.74) is 0.940. The van der Waals surface area contributed by atoms with Crippen molar-refractivity contribution >= 4 is 52.3 Å². The van der Waals surface area contributed by atoms with Crippen molar-refractivity contribution in [2.75, 3.05) is 13.7 Å². The summed E-state index contributed by atoms with van der Waals surface area (Å²) in [4.78, 5) is 23.0. The third-order valence-electron chi connectivity index (χ3n) is 5.71. The second-order valence-electron chi connectivity index (χ2n) is 8.10. The molecule has 0 radical (unpaired) electrons. The van der Waals surface area contributed by atoms with Crippen LogP contribution >= 0.6 is 18.7 Å². The molecule has 0 aliphatic rings. The number of halogens is 1. The molecule has 8 heteroatoms. The fraction of sp³-hybridized carbons (Fsp3) is 0.0690. The third-order valence-corrected chi connectivity index (χ3v) is 9.60. The van der Waals surface area contributed by atoms with Crippen LogP contribution in [0.3, 0.4) is 0 Å². The molecular formula is C29H24ClN2O4P. The second kappa shape index (κ2) is 11.8. The molecule has 0 spiro atoms. The highest BCUT2D eigenvalue weighted by molar-refractivity contribution is 7.87. The van der Waals surface area contributed by atoms with Crippen molar-refractivity contribution in [3.05, 3.63) is 135 Å². The maximum absolute atomic E-state index is 12.3. The number of carbonyl (C=O) groups is 1. The van der Waals surface area contributed by atoms with E-state index in [-0.39, 0.29) is 5.57 Å². The van der Waals surface area contributed by atoms with Crippen molar-refractivity contribution in [3.63, 3.8) is 0 Å². The van der Waals surface area contributed by atoms with Crippen LogP contribution in [-0.4, -0.2) is 24.5 Å². The Labute approximate surface area is 220 Å². The van der Waals surface area contributed by atoms with Gasteiger partial charge in [-0.15, -0.1) is 0 Å². The minimum absolute atomic E-state index is 0.103. The average Bonchev–Trinajstić information content (AvgIpc) is 2.93. The van der Waals surface area contributed by atoms with Crippen LogP contribution in [0.1, 0.15) is 5.56 Å². The van der Waals surface area contributed by atoms with Crippen molar-refractivity contribution in [3.8, 4) is 0 Å². The zero-order valence-corrected chi connectivity index (χ0v) is 21.7. The van der Waals surface area contributed by atoms with Gasteiger partial charge in [0, 0.05) is 31.4 Å². The standard InChI is InChI=1S/C29H24ClN2O4P/c1-36-29(33)23(21-32(34)35)19-22-20-24(30)17-18-28(22)31-37(25-11-5-2-6-12-25,26-13-7-3-8-14-26)27-15-9-4-10-16-27/h2-20H,21H2,1H3/b23-19+. The number of hydrogen-bond acceptors (Lipinski definition) is 5. The first-order valence-corrected chi connectivity index (χ1v) is 13.6.